The minimum Gasteiger partial charge on any atom is -0.356 e. The summed E-state index contributed by atoms with van der Waals surface area (Å²) >= 11 is 0. The smallest absolute Gasteiger partial charge is 0.224 e. The van der Waals surface area contributed by atoms with Gasteiger partial charge in [0.25, 0.3) is 0 Å². The maximum absolute atomic E-state index is 11.5. The highest BCUT2D eigenvalue weighted by Gasteiger charge is 2.13. The molecule has 0 spiro atoms. The molecule has 0 fully saturated rings. The SMILES string of the molecule is CCCNC(=O)CCNC(=O)C(CC)CN. The fraction of sp³-hybridized carbons (Fsp3) is 0.818. The molecular weight excluding hydrogens is 206 g/mol. The predicted octanol–water partition coefficient (Wildman–Crippen LogP) is 0.00380. The van der Waals surface area contributed by atoms with Crippen molar-refractivity contribution in [2.45, 2.75) is 33.1 Å². The molecule has 1 atom stereocenters. The lowest BCUT2D eigenvalue weighted by atomic mass is 10.1. The summed E-state index contributed by atoms with van der Waals surface area (Å²) in [5.41, 5.74) is 5.44. The average molecular weight is 229 g/mol. The molecule has 4 N–H and O–H groups in total. The van der Waals surface area contributed by atoms with Gasteiger partial charge in [-0.05, 0) is 12.8 Å². The third-order valence-electron chi connectivity index (χ3n) is 2.37. The van der Waals surface area contributed by atoms with Gasteiger partial charge in [0.05, 0.1) is 0 Å². The van der Waals surface area contributed by atoms with Crippen molar-refractivity contribution in [3.63, 3.8) is 0 Å². The number of nitrogens with two attached hydrogens (primary N) is 1. The van der Waals surface area contributed by atoms with Crippen LogP contribution in [0.15, 0.2) is 0 Å². The van der Waals surface area contributed by atoms with Crippen LogP contribution in [0.4, 0.5) is 0 Å². The van der Waals surface area contributed by atoms with Gasteiger partial charge in [-0.2, -0.15) is 0 Å². The Hall–Kier alpha value is -1.10. The third kappa shape index (κ3) is 6.40. The zero-order valence-corrected chi connectivity index (χ0v) is 10.2. The standard InChI is InChI=1S/C11H23N3O2/c1-3-6-13-10(15)5-7-14-11(16)9(4-2)8-12/h9H,3-8,12H2,1-2H3,(H,13,15)(H,14,16). The van der Waals surface area contributed by atoms with Gasteiger partial charge < -0.3 is 16.4 Å². The Balaban J connectivity index is 3.64. The van der Waals surface area contributed by atoms with Gasteiger partial charge in [-0.15, -0.1) is 0 Å². The first-order valence-corrected chi connectivity index (χ1v) is 5.90. The van der Waals surface area contributed by atoms with Crippen LogP contribution >= 0.6 is 0 Å². The molecule has 16 heavy (non-hydrogen) atoms. The van der Waals surface area contributed by atoms with E-state index in [1.54, 1.807) is 0 Å². The van der Waals surface area contributed by atoms with Crippen LogP contribution in [0, 0.1) is 5.92 Å². The van der Waals surface area contributed by atoms with Gasteiger partial charge in [0.2, 0.25) is 11.8 Å². The normalized spacial score (nSPS) is 11.9. The van der Waals surface area contributed by atoms with E-state index in [9.17, 15) is 9.59 Å². The van der Waals surface area contributed by atoms with Crippen LogP contribution in [0.25, 0.3) is 0 Å². The Morgan fingerprint density at radius 3 is 2.38 bits per heavy atom. The predicted molar refractivity (Wildman–Crippen MR) is 63.8 cm³/mol. The molecule has 2 amide bonds. The van der Waals surface area contributed by atoms with Gasteiger partial charge in [0.15, 0.2) is 0 Å². The van der Waals surface area contributed by atoms with Gasteiger partial charge in [0, 0.05) is 32.0 Å². The number of hydrogen-bond donors (Lipinski definition) is 3. The Morgan fingerprint density at radius 1 is 1.19 bits per heavy atom. The number of nitrogens with one attached hydrogen (secondary N) is 2. The quantitative estimate of drug-likeness (QED) is 0.548. The van der Waals surface area contributed by atoms with Crippen LogP contribution < -0.4 is 16.4 Å². The van der Waals surface area contributed by atoms with E-state index < -0.39 is 0 Å². The minimum absolute atomic E-state index is 0.0250. The second-order valence-electron chi connectivity index (χ2n) is 3.73. The molecule has 0 aromatic carbocycles. The lowest BCUT2D eigenvalue weighted by molar-refractivity contribution is -0.125. The Bertz CT molecular complexity index is 215. The van der Waals surface area contributed by atoms with Crippen molar-refractivity contribution in [2.75, 3.05) is 19.6 Å². The summed E-state index contributed by atoms with van der Waals surface area (Å²) in [4.78, 5) is 22.7. The summed E-state index contributed by atoms with van der Waals surface area (Å²) in [5, 5.41) is 5.46. The topological polar surface area (TPSA) is 84.2 Å². The number of rotatable bonds is 8. The maximum atomic E-state index is 11.5. The van der Waals surface area contributed by atoms with Crippen molar-refractivity contribution < 1.29 is 9.59 Å². The summed E-state index contributed by atoms with van der Waals surface area (Å²) in [7, 11) is 0. The Labute approximate surface area is 97.2 Å². The third-order valence-corrected chi connectivity index (χ3v) is 2.37. The van der Waals surface area contributed by atoms with Gasteiger partial charge in [0.1, 0.15) is 0 Å². The van der Waals surface area contributed by atoms with E-state index in [4.69, 9.17) is 5.73 Å². The van der Waals surface area contributed by atoms with Crippen LogP contribution in [0.3, 0.4) is 0 Å². The highest BCUT2D eigenvalue weighted by atomic mass is 16.2. The van der Waals surface area contributed by atoms with Crippen LogP contribution in [0.5, 0.6) is 0 Å². The highest BCUT2D eigenvalue weighted by Crippen LogP contribution is 1.99. The van der Waals surface area contributed by atoms with Crippen molar-refractivity contribution >= 4 is 11.8 Å². The molecule has 0 heterocycles. The van der Waals surface area contributed by atoms with E-state index >= 15 is 0 Å². The number of amides is 2. The largest absolute Gasteiger partial charge is 0.356 e. The van der Waals surface area contributed by atoms with Gasteiger partial charge >= 0.3 is 0 Å². The van der Waals surface area contributed by atoms with E-state index in [2.05, 4.69) is 10.6 Å². The zero-order chi connectivity index (χ0) is 12.4. The summed E-state index contributed by atoms with van der Waals surface area (Å²) < 4.78 is 0. The molecule has 0 aromatic rings. The zero-order valence-electron chi connectivity index (χ0n) is 10.2. The van der Waals surface area contributed by atoms with Gasteiger partial charge in [-0.3, -0.25) is 9.59 Å². The second kappa shape index (κ2) is 9.15. The molecule has 1 unspecified atom stereocenters. The molecule has 0 bridgehead atoms. The first-order valence-electron chi connectivity index (χ1n) is 5.90. The molecule has 5 heteroatoms. The summed E-state index contributed by atoms with van der Waals surface area (Å²) in [6, 6.07) is 0. The van der Waals surface area contributed by atoms with E-state index in [1.165, 1.54) is 0 Å². The second-order valence-corrected chi connectivity index (χ2v) is 3.73. The maximum Gasteiger partial charge on any atom is 0.224 e. The van der Waals surface area contributed by atoms with Crippen LogP contribution in [0.1, 0.15) is 33.1 Å². The Morgan fingerprint density at radius 2 is 1.88 bits per heavy atom. The fourth-order valence-corrected chi connectivity index (χ4v) is 1.26. The van der Waals surface area contributed by atoms with E-state index in [-0.39, 0.29) is 17.7 Å². The van der Waals surface area contributed by atoms with Crippen molar-refractivity contribution in [2.24, 2.45) is 11.7 Å². The van der Waals surface area contributed by atoms with Crippen molar-refractivity contribution in [3.8, 4) is 0 Å². The van der Waals surface area contributed by atoms with E-state index in [0.29, 0.717) is 26.1 Å². The molecule has 5 nitrogen and oxygen atoms in total. The summed E-state index contributed by atoms with van der Waals surface area (Å²) in [5.74, 6) is -0.227. The number of carbonyl (C=O) groups excluding carboxylic acids is 2. The van der Waals surface area contributed by atoms with E-state index in [1.807, 2.05) is 13.8 Å². The fourth-order valence-electron chi connectivity index (χ4n) is 1.26. The van der Waals surface area contributed by atoms with E-state index in [0.717, 1.165) is 12.8 Å². The lowest BCUT2D eigenvalue weighted by Gasteiger charge is -2.12. The van der Waals surface area contributed by atoms with Gasteiger partial charge in [-0.1, -0.05) is 13.8 Å². The van der Waals surface area contributed by atoms with Crippen LogP contribution in [-0.2, 0) is 9.59 Å². The van der Waals surface area contributed by atoms with Crippen molar-refractivity contribution in [1.82, 2.24) is 10.6 Å². The molecule has 0 radical (unpaired) electrons. The first-order chi connectivity index (χ1) is 7.65. The molecule has 94 valence electrons. The average Bonchev–Trinajstić information content (AvgIpc) is 2.28. The lowest BCUT2D eigenvalue weighted by Crippen LogP contribution is -2.37. The number of hydrogen-bond acceptors (Lipinski definition) is 3. The molecular formula is C11H23N3O2. The van der Waals surface area contributed by atoms with Crippen LogP contribution in [-0.4, -0.2) is 31.4 Å². The summed E-state index contributed by atoms with van der Waals surface area (Å²) in [6.45, 7) is 5.34. The monoisotopic (exact) mass is 229 g/mol. The molecule has 0 saturated carbocycles. The van der Waals surface area contributed by atoms with Gasteiger partial charge in [-0.25, -0.2) is 0 Å². The summed E-state index contributed by atoms with van der Waals surface area (Å²) in [6.07, 6.45) is 1.97. The molecule has 0 aliphatic heterocycles. The molecule has 0 aliphatic rings. The van der Waals surface area contributed by atoms with Crippen molar-refractivity contribution in [1.29, 1.82) is 0 Å². The number of carbonyl (C=O) groups is 2. The first kappa shape index (κ1) is 14.9. The highest BCUT2D eigenvalue weighted by molar-refractivity contribution is 5.80. The molecule has 0 aromatic heterocycles. The minimum atomic E-state index is -0.140. The molecule has 0 rings (SSSR count). The Kier molecular flexibility index (Phi) is 8.52. The van der Waals surface area contributed by atoms with Crippen molar-refractivity contribution in [3.05, 3.63) is 0 Å². The molecule has 0 aliphatic carbocycles. The van der Waals surface area contributed by atoms with Crippen LogP contribution in [0.2, 0.25) is 0 Å². The molecule has 0 saturated heterocycles.